The average Bonchev–Trinajstić information content (AvgIpc) is 2.63. The standard InChI is InChI=1S/C12H21NOS/c1-5-11(3,8-13)12(4,14)10-7-6-9(2)15-10/h6-7,14H,5,8,13H2,1-4H3. The molecule has 3 N–H and O–H groups in total. The Balaban J connectivity index is 3.10. The zero-order chi connectivity index (χ0) is 11.7. The van der Waals surface area contributed by atoms with Crippen LogP contribution in [0.25, 0.3) is 0 Å². The number of aliphatic hydroxyl groups is 1. The zero-order valence-electron chi connectivity index (χ0n) is 10.0. The van der Waals surface area contributed by atoms with Crippen molar-refractivity contribution >= 4 is 11.3 Å². The Labute approximate surface area is 96.1 Å². The predicted octanol–water partition coefficient (Wildman–Crippen LogP) is 2.64. The fraction of sp³-hybridized carbons (Fsp3) is 0.667. The van der Waals surface area contributed by atoms with Crippen LogP contribution in [-0.4, -0.2) is 11.7 Å². The van der Waals surface area contributed by atoms with Gasteiger partial charge < -0.3 is 10.8 Å². The molecule has 0 aromatic carbocycles. The van der Waals surface area contributed by atoms with Gasteiger partial charge in [-0.1, -0.05) is 13.8 Å². The lowest BCUT2D eigenvalue weighted by Crippen LogP contribution is -2.45. The van der Waals surface area contributed by atoms with Crippen LogP contribution in [-0.2, 0) is 5.60 Å². The Kier molecular flexibility index (Phi) is 3.59. The van der Waals surface area contributed by atoms with Crippen molar-refractivity contribution in [1.82, 2.24) is 0 Å². The van der Waals surface area contributed by atoms with Crippen LogP contribution in [0, 0.1) is 12.3 Å². The molecule has 3 heteroatoms. The summed E-state index contributed by atoms with van der Waals surface area (Å²) in [5.41, 5.74) is 4.69. The van der Waals surface area contributed by atoms with Crippen molar-refractivity contribution in [1.29, 1.82) is 0 Å². The summed E-state index contributed by atoms with van der Waals surface area (Å²) < 4.78 is 0. The number of hydrogen-bond acceptors (Lipinski definition) is 3. The highest BCUT2D eigenvalue weighted by Gasteiger charge is 2.42. The van der Waals surface area contributed by atoms with Crippen molar-refractivity contribution in [2.24, 2.45) is 11.1 Å². The van der Waals surface area contributed by atoms with Gasteiger partial charge in [0.2, 0.25) is 0 Å². The molecule has 1 heterocycles. The van der Waals surface area contributed by atoms with Crippen molar-refractivity contribution in [3.63, 3.8) is 0 Å². The van der Waals surface area contributed by atoms with Crippen molar-refractivity contribution in [3.8, 4) is 0 Å². The highest BCUT2D eigenvalue weighted by molar-refractivity contribution is 7.12. The van der Waals surface area contributed by atoms with Crippen LogP contribution < -0.4 is 5.73 Å². The second kappa shape index (κ2) is 4.24. The van der Waals surface area contributed by atoms with Crippen LogP contribution in [0.15, 0.2) is 12.1 Å². The number of aryl methyl sites for hydroxylation is 1. The van der Waals surface area contributed by atoms with Crippen LogP contribution >= 0.6 is 11.3 Å². The maximum absolute atomic E-state index is 10.6. The van der Waals surface area contributed by atoms with E-state index < -0.39 is 5.60 Å². The van der Waals surface area contributed by atoms with E-state index in [1.807, 2.05) is 26.0 Å². The third-order valence-corrected chi connectivity index (χ3v) is 4.84. The summed E-state index contributed by atoms with van der Waals surface area (Å²) in [7, 11) is 0. The summed E-state index contributed by atoms with van der Waals surface area (Å²) in [5.74, 6) is 0. The van der Waals surface area contributed by atoms with Crippen molar-refractivity contribution < 1.29 is 5.11 Å². The molecule has 1 rings (SSSR count). The normalized spacial score (nSPS) is 19.6. The summed E-state index contributed by atoms with van der Waals surface area (Å²) in [5, 5.41) is 10.6. The molecule has 0 spiro atoms. The maximum Gasteiger partial charge on any atom is 0.102 e. The minimum Gasteiger partial charge on any atom is -0.384 e. The van der Waals surface area contributed by atoms with E-state index in [0.29, 0.717) is 6.54 Å². The molecule has 1 aromatic rings. The Bertz CT molecular complexity index is 326. The topological polar surface area (TPSA) is 46.2 Å². The van der Waals surface area contributed by atoms with Gasteiger partial charge in [0, 0.05) is 21.7 Å². The Morgan fingerprint density at radius 1 is 1.40 bits per heavy atom. The summed E-state index contributed by atoms with van der Waals surface area (Å²) >= 11 is 1.65. The van der Waals surface area contributed by atoms with Crippen LogP contribution in [0.5, 0.6) is 0 Å². The molecule has 0 fully saturated rings. The molecule has 2 atom stereocenters. The summed E-state index contributed by atoms with van der Waals surface area (Å²) in [4.78, 5) is 2.23. The van der Waals surface area contributed by atoms with E-state index >= 15 is 0 Å². The lowest BCUT2D eigenvalue weighted by Gasteiger charge is -2.41. The molecule has 2 nitrogen and oxygen atoms in total. The van der Waals surface area contributed by atoms with Crippen molar-refractivity contribution in [2.45, 2.75) is 39.7 Å². The highest BCUT2D eigenvalue weighted by Crippen LogP contribution is 2.43. The van der Waals surface area contributed by atoms with Gasteiger partial charge >= 0.3 is 0 Å². The van der Waals surface area contributed by atoms with Gasteiger partial charge in [-0.3, -0.25) is 0 Å². The molecule has 0 bridgehead atoms. The van der Waals surface area contributed by atoms with Crippen LogP contribution in [0.3, 0.4) is 0 Å². The number of thiophene rings is 1. The third kappa shape index (κ3) is 2.10. The minimum absolute atomic E-state index is 0.260. The lowest BCUT2D eigenvalue weighted by atomic mass is 9.71. The first kappa shape index (κ1) is 12.7. The van der Waals surface area contributed by atoms with E-state index in [2.05, 4.69) is 13.8 Å². The van der Waals surface area contributed by atoms with E-state index in [-0.39, 0.29) is 5.41 Å². The second-order valence-electron chi connectivity index (χ2n) is 4.60. The molecule has 0 saturated heterocycles. The molecule has 86 valence electrons. The molecular weight excluding hydrogens is 206 g/mol. The van der Waals surface area contributed by atoms with Gasteiger partial charge in [0.25, 0.3) is 0 Å². The Hall–Kier alpha value is -0.380. The van der Waals surface area contributed by atoms with Gasteiger partial charge in [0.05, 0.1) is 0 Å². The third-order valence-electron chi connectivity index (χ3n) is 3.63. The Morgan fingerprint density at radius 3 is 2.33 bits per heavy atom. The molecule has 0 aliphatic heterocycles. The molecule has 1 aromatic heterocycles. The molecule has 0 radical (unpaired) electrons. The number of hydrogen-bond donors (Lipinski definition) is 2. The number of rotatable bonds is 4. The zero-order valence-corrected chi connectivity index (χ0v) is 10.8. The van der Waals surface area contributed by atoms with Gasteiger partial charge in [0.1, 0.15) is 5.60 Å². The first-order valence-electron chi connectivity index (χ1n) is 5.37. The van der Waals surface area contributed by atoms with Gasteiger partial charge in [0.15, 0.2) is 0 Å². The van der Waals surface area contributed by atoms with Crippen LogP contribution in [0.2, 0.25) is 0 Å². The van der Waals surface area contributed by atoms with E-state index in [4.69, 9.17) is 5.73 Å². The van der Waals surface area contributed by atoms with Gasteiger partial charge in [-0.25, -0.2) is 0 Å². The molecular formula is C12H21NOS. The summed E-state index contributed by atoms with van der Waals surface area (Å²) in [6, 6.07) is 4.05. The molecule has 0 saturated carbocycles. The van der Waals surface area contributed by atoms with Gasteiger partial charge in [-0.2, -0.15) is 0 Å². The quantitative estimate of drug-likeness (QED) is 0.830. The summed E-state index contributed by atoms with van der Waals surface area (Å²) in [6.07, 6.45) is 0.868. The fourth-order valence-electron chi connectivity index (χ4n) is 1.68. The largest absolute Gasteiger partial charge is 0.384 e. The first-order chi connectivity index (χ1) is 6.87. The smallest absolute Gasteiger partial charge is 0.102 e. The first-order valence-corrected chi connectivity index (χ1v) is 6.18. The average molecular weight is 227 g/mol. The lowest BCUT2D eigenvalue weighted by molar-refractivity contribution is -0.0616. The summed E-state index contributed by atoms with van der Waals surface area (Å²) in [6.45, 7) is 8.53. The van der Waals surface area contributed by atoms with Gasteiger partial charge in [-0.05, 0) is 32.4 Å². The van der Waals surface area contributed by atoms with E-state index in [9.17, 15) is 5.11 Å². The molecule has 0 aliphatic rings. The van der Waals surface area contributed by atoms with Crippen LogP contribution in [0.4, 0.5) is 0 Å². The predicted molar refractivity (Wildman–Crippen MR) is 66.1 cm³/mol. The van der Waals surface area contributed by atoms with E-state index in [1.54, 1.807) is 11.3 Å². The molecule has 15 heavy (non-hydrogen) atoms. The number of nitrogens with two attached hydrogens (primary N) is 1. The SMILES string of the molecule is CCC(C)(CN)C(C)(O)c1ccc(C)s1. The fourth-order valence-corrected chi connectivity index (χ4v) is 2.75. The maximum atomic E-state index is 10.6. The minimum atomic E-state index is -0.838. The van der Waals surface area contributed by atoms with Crippen LogP contribution in [0.1, 0.15) is 36.9 Å². The second-order valence-corrected chi connectivity index (χ2v) is 5.89. The van der Waals surface area contributed by atoms with E-state index in [1.165, 1.54) is 4.88 Å². The van der Waals surface area contributed by atoms with Gasteiger partial charge in [-0.15, -0.1) is 11.3 Å². The molecule has 2 unspecified atom stereocenters. The Morgan fingerprint density at radius 2 is 2.00 bits per heavy atom. The van der Waals surface area contributed by atoms with Crippen molar-refractivity contribution in [2.75, 3.05) is 6.54 Å². The van der Waals surface area contributed by atoms with E-state index in [0.717, 1.165) is 11.3 Å². The van der Waals surface area contributed by atoms with Crippen molar-refractivity contribution in [3.05, 3.63) is 21.9 Å². The highest BCUT2D eigenvalue weighted by atomic mass is 32.1. The molecule has 0 aliphatic carbocycles. The molecule has 0 amide bonds. The monoisotopic (exact) mass is 227 g/mol.